The Labute approximate surface area is 116 Å². The molecule has 2 unspecified atom stereocenters. The molecule has 108 valence electrons. The van der Waals surface area contributed by atoms with Gasteiger partial charge >= 0.3 is 0 Å². The highest BCUT2D eigenvalue weighted by Gasteiger charge is 2.24. The molecule has 1 rings (SSSR count). The third-order valence-corrected chi connectivity index (χ3v) is 4.22. The zero-order valence-electron chi connectivity index (χ0n) is 10.5. The molecule has 0 bridgehead atoms. The SMILES string of the molecule is CC(O)CC(C)NS(=O)(=O)c1cc(N)cc(Cl)c1F. The van der Waals surface area contributed by atoms with E-state index in [-0.39, 0.29) is 17.1 Å². The summed E-state index contributed by atoms with van der Waals surface area (Å²) in [6, 6.07) is 1.58. The van der Waals surface area contributed by atoms with E-state index < -0.39 is 32.9 Å². The van der Waals surface area contributed by atoms with E-state index in [9.17, 15) is 17.9 Å². The molecule has 0 radical (unpaired) electrons. The average Bonchev–Trinajstić information content (AvgIpc) is 2.20. The zero-order chi connectivity index (χ0) is 14.8. The molecule has 1 aromatic rings. The Morgan fingerprint density at radius 2 is 2.05 bits per heavy atom. The van der Waals surface area contributed by atoms with Crippen LogP contribution in [0, 0.1) is 5.82 Å². The Balaban J connectivity index is 3.07. The topological polar surface area (TPSA) is 92.4 Å². The second-order valence-corrected chi connectivity index (χ2v) is 6.51. The van der Waals surface area contributed by atoms with Crippen molar-refractivity contribution in [1.29, 1.82) is 0 Å². The smallest absolute Gasteiger partial charge is 0.243 e. The number of nitrogen functional groups attached to an aromatic ring is 1. The van der Waals surface area contributed by atoms with Crippen LogP contribution in [0.4, 0.5) is 10.1 Å². The van der Waals surface area contributed by atoms with E-state index in [1.165, 1.54) is 6.92 Å². The number of rotatable bonds is 5. The fourth-order valence-corrected chi connectivity index (χ4v) is 3.34. The maximum absolute atomic E-state index is 13.7. The van der Waals surface area contributed by atoms with Gasteiger partial charge in [-0.05, 0) is 32.4 Å². The molecule has 0 saturated carbocycles. The van der Waals surface area contributed by atoms with Gasteiger partial charge in [0.25, 0.3) is 0 Å². The third kappa shape index (κ3) is 4.31. The van der Waals surface area contributed by atoms with Gasteiger partial charge in [0.15, 0.2) is 5.82 Å². The molecule has 0 aliphatic rings. The van der Waals surface area contributed by atoms with Gasteiger partial charge in [0.2, 0.25) is 10.0 Å². The van der Waals surface area contributed by atoms with E-state index in [2.05, 4.69) is 4.72 Å². The second-order valence-electron chi connectivity index (χ2n) is 4.42. The lowest BCUT2D eigenvalue weighted by Crippen LogP contribution is -2.35. The van der Waals surface area contributed by atoms with Crippen molar-refractivity contribution in [3.63, 3.8) is 0 Å². The summed E-state index contributed by atoms with van der Waals surface area (Å²) in [6.45, 7) is 3.10. The van der Waals surface area contributed by atoms with Gasteiger partial charge in [-0.3, -0.25) is 0 Å². The highest BCUT2D eigenvalue weighted by Crippen LogP contribution is 2.25. The van der Waals surface area contributed by atoms with E-state index in [0.717, 1.165) is 12.1 Å². The maximum Gasteiger partial charge on any atom is 0.243 e. The first-order chi connectivity index (χ1) is 8.63. The Morgan fingerprint density at radius 1 is 1.47 bits per heavy atom. The first-order valence-electron chi connectivity index (χ1n) is 5.58. The molecular formula is C11H16ClFN2O3S. The van der Waals surface area contributed by atoms with E-state index >= 15 is 0 Å². The number of anilines is 1. The number of aliphatic hydroxyl groups is 1. The predicted molar refractivity (Wildman–Crippen MR) is 71.9 cm³/mol. The number of sulfonamides is 1. The molecular weight excluding hydrogens is 295 g/mol. The standard InChI is InChI=1S/C11H16ClFN2O3S/c1-6(3-7(2)16)15-19(17,18)10-5-8(14)4-9(12)11(10)13/h4-7,15-16H,3,14H2,1-2H3. The van der Waals surface area contributed by atoms with Gasteiger partial charge in [-0.1, -0.05) is 11.6 Å². The molecule has 8 heteroatoms. The van der Waals surface area contributed by atoms with Crippen molar-refractivity contribution in [2.45, 2.75) is 37.3 Å². The number of nitrogens with two attached hydrogens (primary N) is 1. The molecule has 2 atom stereocenters. The summed E-state index contributed by atoms with van der Waals surface area (Å²) in [5.41, 5.74) is 5.50. The maximum atomic E-state index is 13.7. The van der Waals surface area contributed by atoms with Crippen LogP contribution in [0.2, 0.25) is 5.02 Å². The summed E-state index contributed by atoms with van der Waals surface area (Å²) in [6.07, 6.45) is -0.469. The highest BCUT2D eigenvalue weighted by atomic mass is 35.5. The lowest BCUT2D eigenvalue weighted by Gasteiger charge is -2.16. The lowest BCUT2D eigenvalue weighted by atomic mass is 10.2. The Bertz CT molecular complexity index is 563. The fourth-order valence-electron chi connectivity index (χ4n) is 1.67. The van der Waals surface area contributed by atoms with Gasteiger partial charge in [0.1, 0.15) is 4.90 Å². The van der Waals surface area contributed by atoms with Crippen molar-refractivity contribution in [3.05, 3.63) is 23.0 Å². The van der Waals surface area contributed by atoms with Crippen LogP contribution in [0.5, 0.6) is 0 Å². The molecule has 0 saturated heterocycles. The molecule has 0 aliphatic carbocycles. The van der Waals surface area contributed by atoms with Crippen LogP contribution < -0.4 is 10.5 Å². The average molecular weight is 311 g/mol. The minimum atomic E-state index is -4.08. The minimum absolute atomic E-state index is 0.0509. The van der Waals surface area contributed by atoms with Gasteiger partial charge in [-0.25, -0.2) is 17.5 Å². The molecule has 5 nitrogen and oxygen atoms in total. The summed E-state index contributed by atoms with van der Waals surface area (Å²) in [7, 11) is -4.08. The van der Waals surface area contributed by atoms with Crippen molar-refractivity contribution in [2.24, 2.45) is 0 Å². The molecule has 0 amide bonds. The first-order valence-corrected chi connectivity index (χ1v) is 7.44. The quantitative estimate of drug-likeness (QED) is 0.719. The fraction of sp³-hybridized carbons (Fsp3) is 0.455. The number of benzene rings is 1. The Kier molecular flexibility index (Phi) is 5.14. The summed E-state index contributed by atoms with van der Waals surface area (Å²) in [4.78, 5) is -0.602. The molecule has 0 fully saturated rings. The van der Waals surface area contributed by atoms with Crippen molar-refractivity contribution >= 4 is 27.3 Å². The summed E-state index contributed by atoms with van der Waals surface area (Å²) >= 11 is 5.56. The van der Waals surface area contributed by atoms with Crippen LogP contribution in [-0.2, 0) is 10.0 Å². The largest absolute Gasteiger partial charge is 0.399 e. The minimum Gasteiger partial charge on any atom is -0.399 e. The highest BCUT2D eigenvalue weighted by molar-refractivity contribution is 7.89. The number of hydrogen-bond donors (Lipinski definition) is 3. The van der Waals surface area contributed by atoms with Crippen LogP contribution in [-0.4, -0.2) is 25.7 Å². The molecule has 19 heavy (non-hydrogen) atoms. The Hall–Kier alpha value is -0.890. The number of nitrogens with one attached hydrogen (secondary N) is 1. The Morgan fingerprint density at radius 3 is 2.58 bits per heavy atom. The van der Waals surface area contributed by atoms with Crippen LogP contribution in [0.15, 0.2) is 17.0 Å². The van der Waals surface area contributed by atoms with Gasteiger partial charge in [0, 0.05) is 11.7 Å². The van der Waals surface area contributed by atoms with Crippen LogP contribution in [0.1, 0.15) is 20.3 Å². The number of aliphatic hydroxyl groups excluding tert-OH is 1. The molecule has 0 heterocycles. The zero-order valence-corrected chi connectivity index (χ0v) is 12.1. The van der Waals surface area contributed by atoms with Crippen molar-refractivity contribution in [2.75, 3.05) is 5.73 Å². The van der Waals surface area contributed by atoms with Gasteiger partial charge in [0.05, 0.1) is 11.1 Å². The summed E-state index contributed by atoms with van der Waals surface area (Å²) in [5, 5.41) is 8.83. The monoisotopic (exact) mass is 310 g/mol. The van der Waals surface area contributed by atoms with Crippen molar-refractivity contribution in [1.82, 2.24) is 4.72 Å². The van der Waals surface area contributed by atoms with E-state index in [4.69, 9.17) is 17.3 Å². The molecule has 0 aliphatic heterocycles. The van der Waals surface area contributed by atoms with Gasteiger partial charge in [-0.2, -0.15) is 0 Å². The van der Waals surface area contributed by atoms with Crippen molar-refractivity contribution in [3.8, 4) is 0 Å². The normalized spacial score (nSPS) is 15.2. The van der Waals surface area contributed by atoms with Crippen LogP contribution in [0.25, 0.3) is 0 Å². The van der Waals surface area contributed by atoms with E-state index in [0.29, 0.717) is 0 Å². The molecule has 4 N–H and O–H groups in total. The number of hydrogen-bond acceptors (Lipinski definition) is 4. The summed E-state index contributed by atoms with van der Waals surface area (Å²) < 4.78 is 40.0. The second kappa shape index (κ2) is 6.04. The van der Waals surface area contributed by atoms with E-state index in [1.807, 2.05) is 0 Å². The van der Waals surface area contributed by atoms with Crippen molar-refractivity contribution < 1.29 is 17.9 Å². The molecule has 1 aromatic carbocycles. The van der Waals surface area contributed by atoms with Gasteiger partial charge < -0.3 is 10.8 Å². The predicted octanol–water partition coefficient (Wildman–Crippen LogP) is 1.50. The van der Waals surface area contributed by atoms with Gasteiger partial charge in [-0.15, -0.1) is 0 Å². The molecule has 0 aromatic heterocycles. The number of halogens is 2. The molecule has 0 spiro atoms. The summed E-state index contributed by atoms with van der Waals surface area (Å²) in [5.74, 6) is -1.05. The first kappa shape index (κ1) is 16.2. The van der Waals surface area contributed by atoms with E-state index in [1.54, 1.807) is 6.92 Å². The lowest BCUT2D eigenvalue weighted by molar-refractivity contribution is 0.175. The van der Waals surface area contributed by atoms with Crippen LogP contribution >= 0.6 is 11.6 Å². The van der Waals surface area contributed by atoms with Crippen LogP contribution in [0.3, 0.4) is 0 Å². The third-order valence-electron chi connectivity index (χ3n) is 2.36.